The molecule has 4 nitrogen and oxygen atoms in total. The van der Waals surface area contributed by atoms with E-state index in [1.807, 2.05) is 6.92 Å². The highest BCUT2D eigenvalue weighted by molar-refractivity contribution is 6.11. The van der Waals surface area contributed by atoms with Gasteiger partial charge in [0.1, 0.15) is 17.2 Å². The molecule has 4 heteroatoms. The summed E-state index contributed by atoms with van der Waals surface area (Å²) in [6, 6.07) is 12.2. The van der Waals surface area contributed by atoms with Gasteiger partial charge in [0.25, 0.3) is 0 Å². The van der Waals surface area contributed by atoms with Crippen LogP contribution in [-0.4, -0.2) is 26.6 Å². The van der Waals surface area contributed by atoms with E-state index >= 15 is 0 Å². The first-order valence-electron chi connectivity index (χ1n) is 6.69. The summed E-state index contributed by atoms with van der Waals surface area (Å²) in [5, 5.41) is 0. The number of carbonyl (C=O) groups excluding carboxylic acids is 1. The van der Waals surface area contributed by atoms with E-state index in [9.17, 15) is 4.79 Å². The second-order valence-corrected chi connectivity index (χ2v) is 4.35. The molecule has 0 N–H and O–H groups in total. The SMILES string of the molecule is CCOc1ccc(C(=O)c2cc(OC)ccc2OC)cc1. The molecule has 0 aliphatic rings. The standard InChI is InChI=1S/C17H18O4/c1-4-21-13-7-5-12(6-8-13)17(18)15-11-14(19-2)9-10-16(15)20-3/h5-11H,4H2,1-3H3. The van der Waals surface area contributed by atoms with E-state index in [0.717, 1.165) is 5.75 Å². The van der Waals surface area contributed by atoms with Gasteiger partial charge in [0.05, 0.1) is 26.4 Å². The summed E-state index contributed by atoms with van der Waals surface area (Å²) >= 11 is 0. The lowest BCUT2D eigenvalue weighted by molar-refractivity contribution is 0.103. The molecule has 0 heterocycles. The van der Waals surface area contributed by atoms with Gasteiger partial charge in [0.15, 0.2) is 5.78 Å². The summed E-state index contributed by atoms with van der Waals surface area (Å²) in [6.45, 7) is 2.51. The van der Waals surface area contributed by atoms with Gasteiger partial charge in [-0.3, -0.25) is 4.79 Å². The maximum Gasteiger partial charge on any atom is 0.196 e. The molecule has 0 saturated heterocycles. The predicted octanol–water partition coefficient (Wildman–Crippen LogP) is 3.33. The Morgan fingerprint density at radius 3 is 2.19 bits per heavy atom. The zero-order chi connectivity index (χ0) is 15.2. The molecule has 0 aromatic heterocycles. The first-order valence-corrected chi connectivity index (χ1v) is 6.69. The zero-order valence-electron chi connectivity index (χ0n) is 12.4. The topological polar surface area (TPSA) is 44.8 Å². The van der Waals surface area contributed by atoms with E-state index in [0.29, 0.717) is 29.2 Å². The molecule has 110 valence electrons. The highest BCUT2D eigenvalue weighted by atomic mass is 16.5. The molecule has 0 unspecified atom stereocenters. The molecule has 2 rings (SSSR count). The number of ether oxygens (including phenoxy) is 3. The van der Waals surface area contributed by atoms with Crippen molar-refractivity contribution in [2.45, 2.75) is 6.92 Å². The van der Waals surface area contributed by atoms with Crippen molar-refractivity contribution < 1.29 is 19.0 Å². The van der Waals surface area contributed by atoms with Gasteiger partial charge in [-0.2, -0.15) is 0 Å². The molecule has 2 aromatic carbocycles. The molecule has 0 aliphatic heterocycles. The monoisotopic (exact) mass is 286 g/mol. The fraction of sp³-hybridized carbons (Fsp3) is 0.235. The molecule has 0 aliphatic carbocycles. The lowest BCUT2D eigenvalue weighted by Gasteiger charge is -2.10. The number of rotatable bonds is 6. The highest BCUT2D eigenvalue weighted by Gasteiger charge is 2.15. The van der Waals surface area contributed by atoms with Crippen LogP contribution in [0.1, 0.15) is 22.8 Å². The largest absolute Gasteiger partial charge is 0.497 e. The first kappa shape index (κ1) is 14.9. The fourth-order valence-corrected chi connectivity index (χ4v) is 2.02. The van der Waals surface area contributed by atoms with Gasteiger partial charge in [-0.1, -0.05) is 0 Å². The average Bonchev–Trinajstić information content (AvgIpc) is 2.54. The predicted molar refractivity (Wildman–Crippen MR) is 80.6 cm³/mol. The maximum atomic E-state index is 12.6. The van der Waals surface area contributed by atoms with E-state index < -0.39 is 0 Å². The molecular formula is C17H18O4. The minimum absolute atomic E-state index is 0.117. The van der Waals surface area contributed by atoms with Crippen LogP contribution >= 0.6 is 0 Å². The van der Waals surface area contributed by atoms with Gasteiger partial charge in [0, 0.05) is 5.56 Å². The molecule has 0 radical (unpaired) electrons. The Morgan fingerprint density at radius 1 is 0.952 bits per heavy atom. The van der Waals surface area contributed by atoms with Crippen LogP contribution in [0.15, 0.2) is 42.5 Å². The van der Waals surface area contributed by atoms with Crippen LogP contribution < -0.4 is 14.2 Å². The minimum Gasteiger partial charge on any atom is -0.497 e. The van der Waals surface area contributed by atoms with Crippen molar-refractivity contribution in [3.63, 3.8) is 0 Å². The Labute approximate surface area is 124 Å². The van der Waals surface area contributed by atoms with Crippen LogP contribution in [-0.2, 0) is 0 Å². The summed E-state index contributed by atoms with van der Waals surface area (Å²) in [5.41, 5.74) is 1.05. The second kappa shape index (κ2) is 6.79. The summed E-state index contributed by atoms with van der Waals surface area (Å²) in [6.07, 6.45) is 0. The van der Waals surface area contributed by atoms with E-state index in [4.69, 9.17) is 14.2 Å². The second-order valence-electron chi connectivity index (χ2n) is 4.35. The number of hydrogen-bond acceptors (Lipinski definition) is 4. The normalized spacial score (nSPS) is 10.0. The summed E-state index contributed by atoms with van der Waals surface area (Å²) < 4.78 is 15.8. The third-order valence-electron chi connectivity index (χ3n) is 3.08. The van der Waals surface area contributed by atoms with E-state index in [1.54, 1.807) is 49.6 Å². The van der Waals surface area contributed by atoms with Crippen molar-refractivity contribution in [2.24, 2.45) is 0 Å². The fourth-order valence-electron chi connectivity index (χ4n) is 2.02. The number of benzene rings is 2. The summed E-state index contributed by atoms with van der Waals surface area (Å²) in [4.78, 5) is 12.6. The van der Waals surface area contributed by atoms with Crippen LogP contribution in [0.4, 0.5) is 0 Å². The molecule has 0 amide bonds. The molecule has 0 bridgehead atoms. The first-order chi connectivity index (χ1) is 10.2. The summed E-state index contributed by atoms with van der Waals surface area (Å²) in [5.74, 6) is 1.76. The molecule has 0 spiro atoms. The Balaban J connectivity index is 2.34. The van der Waals surface area contributed by atoms with Crippen LogP contribution in [0.2, 0.25) is 0 Å². The number of methoxy groups -OCH3 is 2. The van der Waals surface area contributed by atoms with Crippen molar-refractivity contribution in [2.75, 3.05) is 20.8 Å². The van der Waals surface area contributed by atoms with Crippen LogP contribution in [0.5, 0.6) is 17.2 Å². The average molecular weight is 286 g/mol. The van der Waals surface area contributed by atoms with Crippen molar-refractivity contribution in [1.29, 1.82) is 0 Å². The number of ketones is 1. The van der Waals surface area contributed by atoms with E-state index in [-0.39, 0.29) is 5.78 Å². The van der Waals surface area contributed by atoms with Gasteiger partial charge >= 0.3 is 0 Å². The van der Waals surface area contributed by atoms with Crippen molar-refractivity contribution in [3.05, 3.63) is 53.6 Å². The minimum atomic E-state index is -0.117. The maximum absolute atomic E-state index is 12.6. The molecular weight excluding hydrogens is 268 g/mol. The Morgan fingerprint density at radius 2 is 1.62 bits per heavy atom. The Bertz CT molecular complexity index is 617. The lowest BCUT2D eigenvalue weighted by Crippen LogP contribution is -2.04. The number of hydrogen-bond donors (Lipinski definition) is 0. The Kier molecular flexibility index (Phi) is 4.82. The highest BCUT2D eigenvalue weighted by Crippen LogP contribution is 2.27. The van der Waals surface area contributed by atoms with Gasteiger partial charge in [-0.25, -0.2) is 0 Å². The molecule has 0 saturated carbocycles. The van der Waals surface area contributed by atoms with Crippen molar-refractivity contribution in [1.82, 2.24) is 0 Å². The Hall–Kier alpha value is -2.49. The zero-order valence-corrected chi connectivity index (χ0v) is 12.4. The number of carbonyl (C=O) groups is 1. The van der Waals surface area contributed by atoms with Crippen molar-refractivity contribution in [3.8, 4) is 17.2 Å². The van der Waals surface area contributed by atoms with Gasteiger partial charge in [-0.05, 0) is 49.4 Å². The smallest absolute Gasteiger partial charge is 0.196 e. The molecule has 0 atom stereocenters. The van der Waals surface area contributed by atoms with Crippen LogP contribution in [0.25, 0.3) is 0 Å². The van der Waals surface area contributed by atoms with E-state index in [1.165, 1.54) is 7.11 Å². The van der Waals surface area contributed by atoms with Gasteiger partial charge in [0.2, 0.25) is 0 Å². The van der Waals surface area contributed by atoms with Gasteiger partial charge < -0.3 is 14.2 Å². The third kappa shape index (κ3) is 3.34. The van der Waals surface area contributed by atoms with Crippen LogP contribution in [0.3, 0.4) is 0 Å². The molecule has 2 aromatic rings. The van der Waals surface area contributed by atoms with E-state index in [2.05, 4.69) is 0 Å². The molecule has 0 fully saturated rings. The molecule has 21 heavy (non-hydrogen) atoms. The van der Waals surface area contributed by atoms with Gasteiger partial charge in [-0.15, -0.1) is 0 Å². The summed E-state index contributed by atoms with van der Waals surface area (Å²) in [7, 11) is 3.10. The van der Waals surface area contributed by atoms with Crippen LogP contribution in [0, 0.1) is 0 Å². The van der Waals surface area contributed by atoms with Crippen molar-refractivity contribution >= 4 is 5.78 Å². The third-order valence-corrected chi connectivity index (χ3v) is 3.08. The lowest BCUT2D eigenvalue weighted by atomic mass is 10.0. The quantitative estimate of drug-likeness (QED) is 0.764.